The molecule has 7 nitrogen and oxygen atoms in total. The number of para-hydroxylation sites is 1. The van der Waals surface area contributed by atoms with Crippen molar-refractivity contribution in [1.29, 1.82) is 0 Å². The van der Waals surface area contributed by atoms with E-state index in [9.17, 15) is 14.4 Å². The molecule has 7 heteroatoms. The molecule has 0 saturated heterocycles. The lowest BCUT2D eigenvalue weighted by atomic mass is 10.1. The molecule has 154 valence electrons. The molecule has 0 bridgehead atoms. The largest absolute Gasteiger partial charge is 0.348 e. The maximum Gasteiger partial charge on any atom is 0.253 e. The van der Waals surface area contributed by atoms with Gasteiger partial charge in [0.2, 0.25) is 11.8 Å². The number of hydrogen-bond acceptors (Lipinski definition) is 4. The van der Waals surface area contributed by atoms with Crippen molar-refractivity contribution in [1.82, 2.24) is 10.6 Å². The number of benzene rings is 2. The van der Waals surface area contributed by atoms with Crippen molar-refractivity contribution < 1.29 is 14.4 Å². The Hall–Kier alpha value is -3.19. The van der Waals surface area contributed by atoms with Gasteiger partial charge in [-0.3, -0.25) is 14.4 Å². The fourth-order valence-electron chi connectivity index (χ4n) is 2.56. The number of nitrogens with one attached hydrogen (secondary N) is 3. The van der Waals surface area contributed by atoms with Gasteiger partial charge in [-0.25, -0.2) is 0 Å². The van der Waals surface area contributed by atoms with Gasteiger partial charge in [0.05, 0.1) is 23.8 Å². The van der Waals surface area contributed by atoms with Crippen LogP contribution in [0, 0.1) is 12.8 Å². The molecule has 0 aliphatic rings. The highest BCUT2D eigenvalue weighted by Crippen LogP contribution is 2.15. The second-order valence-corrected chi connectivity index (χ2v) is 7.25. The molecule has 1 atom stereocenters. The molecule has 0 unspecified atom stereocenters. The number of hydrogen-bond donors (Lipinski definition) is 4. The maximum atomic E-state index is 12.6. The van der Waals surface area contributed by atoms with Crippen molar-refractivity contribution in [2.45, 2.75) is 33.4 Å². The Bertz CT molecular complexity index is 863. The lowest BCUT2D eigenvalue weighted by molar-refractivity contribution is -0.125. The molecule has 0 aliphatic heterocycles. The van der Waals surface area contributed by atoms with Gasteiger partial charge in [-0.2, -0.15) is 0 Å². The van der Waals surface area contributed by atoms with E-state index in [-0.39, 0.29) is 24.3 Å². The fraction of sp³-hybridized carbons (Fsp3) is 0.318. The van der Waals surface area contributed by atoms with Crippen LogP contribution in [0.5, 0.6) is 0 Å². The van der Waals surface area contributed by atoms with Crippen LogP contribution >= 0.6 is 0 Å². The molecule has 2 rings (SSSR count). The normalized spacial score (nSPS) is 11.6. The zero-order valence-corrected chi connectivity index (χ0v) is 17.0. The average Bonchev–Trinajstić information content (AvgIpc) is 2.71. The third-order valence-corrected chi connectivity index (χ3v) is 4.46. The molecular weight excluding hydrogens is 368 g/mol. The Balaban J connectivity index is 1.95. The molecule has 0 aliphatic carbocycles. The van der Waals surface area contributed by atoms with Gasteiger partial charge in [0.25, 0.3) is 5.91 Å². The molecule has 0 aromatic heterocycles. The third kappa shape index (κ3) is 6.73. The van der Waals surface area contributed by atoms with Crippen molar-refractivity contribution >= 4 is 23.4 Å². The lowest BCUT2D eigenvalue weighted by Gasteiger charge is -2.15. The van der Waals surface area contributed by atoms with Gasteiger partial charge in [-0.15, -0.1) is 0 Å². The van der Waals surface area contributed by atoms with Crippen LogP contribution in [0.3, 0.4) is 0 Å². The summed E-state index contributed by atoms with van der Waals surface area (Å²) < 4.78 is 0. The number of aryl methyl sites for hydroxylation is 1. The first kappa shape index (κ1) is 22.1. The second-order valence-electron chi connectivity index (χ2n) is 7.25. The minimum absolute atomic E-state index is 0.0315. The Kier molecular flexibility index (Phi) is 7.91. The van der Waals surface area contributed by atoms with E-state index in [1.165, 1.54) is 0 Å². The van der Waals surface area contributed by atoms with E-state index in [1.807, 2.05) is 45.0 Å². The predicted molar refractivity (Wildman–Crippen MR) is 113 cm³/mol. The standard InChI is InChI=1S/C22H28N4O3/c1-14(2)20(23)22(29)25-13-19(27)26-18-7-5-4-6-17(18)21(28)24-12-16-10-8-15(3)9-11-16/h4-11,14,20H,12-13,23H2,1-3H3,(H,24,28)(H,25,29)(H,26,27)/t20-/m0/s1. The summed E-state index contributed by atoms with van der Waals surface area (Å²) >= 11 is 0. The number of rotatable bonds is 8. The van der Waals surface area contributed by atoms with Gasteiger partial charge in [0.15, 0.2) is 0 Å². The van der Waals surface area contributed by atoms with Gasteiger partial charge in [-0.1, -0.05) is 55.8 Å². The smallest absolute Gasteiger partial charge is 0.253 e. The van der Waals surface area contributed by atoms with Crippen molar-refractivity contribution in [2.24, 2.45) is 11.7 Å². The van der Waals surface area contributed by atoms with E-state index in [2.05, 4.69) is 16.0 Å². The highest BCUT2D eigenvalue weighted by atomic mass is 16.2. The summed E-state index contributed by atoms with van der Waals surface area (Å²) in [6, 6.07) is 13.9. The quantitative estimate of drug-likeness (QED) is 0.546. The maximum absolute atomic E-state index is 12.6. The Morgan fingerprint density at radius 1 is 0.966 bits per heavy atom. The van der Waals surface area contributed by atoms with Crippen LogP contribution in [0.1, 0.15) is 35.3 Å². The summed E-state index contributed by atoms with van der Waals surface area (Å²) in [7, 11) is 0. The van der Waals surface area contributed by atoms with E-state index >= 15 is 0 Å². The number of amides is 3. The Labute approximate surface area is 171 Å². The average molecular weight is 396 g/mol. The minimum atomic E-state index is -0.678. The van der Waals surface area contributed by atoms with Crippen LogP contribution in [0.15, 0.2) is 48.5 Å². The number of anilines is 1. The fourth-order valence-corrected chi connectivity index (χ4v) is 2.56. The van der Waals surface area contributed by atoms with Gasteiger partial charge >= 0.3 is 0 Å². The van der Waals surface area contributed by atoms with Crippen LogP contribution in [-0.2, 0) is 16.1 Å². The van der Waals surface area contributed by atoms with Crippen molar-refractivity contribution in [3.8, 4) is 0 Å². The van der Waals surface area contributed by atoms with Crippen LogP contribution in [-0.4, -0.2) is 30.3 Å². The molecule has 0 saturated carbocycles. The molecule has 2 aromatic rings. The second kappa shape index (κ2) is 10.4. The summed E-state index contributed by atoms with van der Waals surface area (Å²) in [6.07, 6.45) is 0. The topological polar surface area (TPSA) is 113 Å². The summed E-state index contributed by atoms with van der Waals surface area (Å²) in [6.45, 7) is 5.81. The van der Waals surface area contributed by atoms with Crippen molar-refractivity contribution in [3.63, 3.8) is 0 Å². The molecule has 0 heterocycles. The van der Waals surface area contributed by atoms with Gasteiger partial charge in [0, 0.05) is 6.54 Å². The molecule has 3 amide bonds. The van der Waals surface area contributed by atoms with Crippen molar-refractivity contribution in [2.75, 3.05) is 11.9 Å². The highest BCUT2D eigenvalue weighted by Gasteiger charge is 2.18. The lowest BCUT2D eigenvalue weighted by Crippen LogP contribution is -2.46. The molecule has 5 N–H and O–H groups in total. The van der Waals surface area contributed by atoms with E-state index in [1.54, 1.807) is 24.3 Å². The van der Waals surface area contributed by atoms with E-state index in [0.717, 1.165) is 11.1 Å². The van der Waals surface area contributed by atoms with Crippen molar-refractivity contribution in [3.05, 3.63) is 65.2 Å². The number of nitrogens with two attached hydrogens (primary N) is 1. The summed E-state index contributed by atoms with van der Waals surface area (Å²) in [4.78, 5) is 36.6. The van der Waals surface area contributed by atoms with Crippen LogP contribution in [0.2, 0.25) is 0 Å². The Morgan fingerprint density at radius 3 is 2.28 bits per heavy atom. The number of carbonyl (C=O) groups is 3. The van der Waals surface area contributed by atoms with Crippen LogP contribution in [0.4, 0.5) is 5.69 Å². The van der Waals surface area contributed by atoms with Crippen LogP contribution < -0.4 is 21.7 Å². The molecule has 0 fully saturated rings. The monoisotopic (exact) mass is 396 g/mol. The summed E-state index contributed by atoms with van der Waals surface area (Å²) in [5.41, 5.74) is 8.61. The van der Waals surface area contributed by atoms with Gasteiger partial charge < -0.3 is 21.7 Å². The highest BCUT2D eigenvalue weighted by molar-refractivity contribution is 6.04. The van der Waals surface area contributed by atoms with Gasteiger partial charge in [-0.05, 0) is 30.5 Å². The first-order valence-electron chi connectivity index (χ1n) is 9.54. The predicted octanol–water partition coefficient (Wildman–Crippen LogP) is 1.96. The van der Waals surface area contributed by atoms with Gasteiger partial charge in [0.1, 0.15) is 0 Å². The zero-order valence-electron chi connectivity index (χ0n) is 17.0. The molecule has 29 heavy (non-hydrogen) atoms. The summed E-state index contributed by atoms with van der Waals surface area (Å²) in [5, 5.41) is 8.02. The zero-order chi connectivity index (χ0) is 21.4. The summed E-state index contributed by atoms with van der Waals surface area (Å²) in [5.74, 6) is -1.16. The SMILES string of the molecule is Cc1ccc(CNC(=O)c2ccccc2NC(=O)CNC(=O)[C@@H](N)C(C)C)cc1. The van der Waals surface area contributed by atoms with Crippen LogP contribution in [0.25, 0.3) is 0 Å². The number of carbonyl (C=O) groups excluding carboxylic acids is 3. The van der Waals surface area contributed by atoms with E-state index in [4.69, 9.17) is 5.73 Å². The first-order valence-corrected chi connectivity index (χ1v) is 9.54. The molecule has 0 spiro atoms. The minimum Gasteiger partial charge on any atom is -0.348 e. The molecule has 2 aromatic carbocycles. The molecule has 0 radical (unpaired) electrons. The van der Waals surface area contributed by atoms with E-state index in [0.29, 0.717) is 17.8 Å². The Morgan fingerprint density at radius 2 is 1.62 bits per heavy atom. The van der Waals surface area contributed by atoms with E-state index < -0.39 is 11.9 Å². The first-order chi connectivity index (χ1) is 13.8. The third-order valence-electron chi connectivity index (χ3n) is 4.46. The molecular formula is C22H28N4O3.